The maximum atomic E-state index is 12.4. The van der Waals surface area contributed by atoms with E-state index in [1.165, 1.54) is 12.0 Å². The summed E-state index contributed by atoms with van der Waals surface area (Å²) in [6, 6.07) is -1.04. The maximum absolute atomic E-state index is 12.4. The third kappa shape index (κ3) is 3.63. The molecule has 2 unspecified atom stereocenters. The van der Waals surface area contributed by atoms with Crippen LogP contribution in [-0.4, -0.2) is 78.4 Å². The van der Waals surface area contributed by atoms with Crippen LogP contribution in [0.1, 0.15) is 19.3 Å². The summed E-state index contributed by atoms with van der Waals surface area (Å²) in [6.07, 6.45) is 0.860. The van der Waals surface area contributed by atoms with Gasteiger partial charge in [0, 0.05) is 19.6 Å². The van der Waals surface area contributed by atoms with E-state index in [4.69, 9.17) is 9.84 Å². The van der Waals surface area contributed by atoms with E-state index in [0.29, 0.717) is 32.5 Å². The van der Waals surface area contributed by atoms with Gasteiger partial charge in [0.15, 0.2) is 0 Å². The van der Waals surface area contributed by atoms with Crippen molar-refractivity contribution in [3.8, 4) is 0 Å². The Morgan fingerprint density at radius 1 is 1.33 bits per heavy atom. The number of carboxylic acid groups (broad SMARTS) is 1. The predicted molar refractivity (Wildman–Crippen MR) is 70.7 cm³/mol. The van der Waals surface area contributed by atoms with Gasteiger partial charge in [-0.3, -0.25) is 4.79 Å². The van der Waals surface area contributed by atoms with Crippen LogP contribution in [-0.2, 0) is 19.1 Å². The minimum Gasteiger partial charge on any atom is -0.480 e. The predicted octanol–water partition coefficient (Wildman–Crippen LogP) is -0.0807. The lowest BCUT2D eigenvalue weighted by molar-refractivity contribution is -0.145. The average Bonchev–Trinajstić information content (AvgIpc) is 2.96. The molecule has 8 nitrogen and oxygen atoms in total. The molecule has 8 heteroatoms. The molecule has 1 N–H and O–H groups in total. The number of aliphatic carboxylic acids is 1. The standard InChI is InChI=1S/C13H20N2O6/c1-20-11(16)7-9-8-14(5-6-21-9)13(19)15-4-2-3-10(15)12(17)18/h9-10H,2-8H2,1H3,(H,17,18). The number of likely N-dealkylation sites (tertiary alicyclic amines) is 1. The number of rotatable bonds is 3. The number of hydrogen-bond donors (Lipinski definition) is 1. The first-order valence-electron chi connectivity index (χ1n) is 6.99. The molecule has 0 aromatic carbocycles. The highest BCUT2D eigenvalue weighted by molar-refractivity contribution is 5.83. The van der Waals surface area contributed by atoms with Crippen LogP contribution in [0.3, 0.4) is 0 Å². The van der Waals surface area contributed by atoms with E-state index < -0.39 is 18.1 Å². The van der Waals surface area contributed by atoms with Crippen molar-refractivity contribution in [3.63, 3.8) is 0 Å². The fourth-order valence-electron chi connectivity index (χ4n) is 2.72. The molecule has 21 heavy (non-hydrogen) atoms. The minimum absolute atomic E-state index is 0.0860. The van der Waals surface area contributed by atoms with Crippen LogP contribution in [0.2, 0.25) is 0 Å². The van der Waals surface area contributed by atoms with E-state index in [1.54, 1.807) is 4.90 Å². The van der Waals surface area contributed by atoms with Crippen LogP contribution >= 0.6 is 0 Å². The highest BCUT2D eigenvalue weighted by atomic mass is 16.5. The number of morpholine rings is 1. The molecule has 2 fully saturated rings. The fraction of sp³-hybridized carbons (Fsp3) is 0.769. The highest BCUT2D eigenvalue weighted by Crippen LogP contribution is 2.21. The monoisotopic (exact) mass is 300 g/mol. The van der Waals surface area contributed by atoms with Gasteiger partial charge in [-0.25, -0.2) is 9.59 Å². The van der Waals surface area contributed by atoms with Gasteiger partial charge in [0.2, 0.25) is 0 Å². The van der Waals surface area contributed by atoms with Gasteiger partial charge in [0.1, 0.15) is 6.04 Å². The van der Waals surface area contributed by atoms with Crippen LogP contribution in [0, 0.1) is 0 Å². The maximum Gasteiger partial charge on any atom is 0.326 e. The van der Waals surface area contributed by atoms with Crippen LogP contribution in [0.4, 0.5) is 4.79 Å². The number of carboxylic acids is 1. The first kappa shape index (κ1) is 15.6. The molecule has 2 aliphatic rings. The molecule has 0 radical (unpaired) electrons. The van der Waals surface area contributed by atoms with Crippen molar-refractivity contribution in [3.05, 3.63) is 0 Å². The molecule has 2 atom stereocenters. The Balaban J connectivity index is 1.95. The lowest BCUT2D eigenvalue weighted by Crippen LogP contribution is -2.53. The van der Waals surface area contributed by atoms with E-state index in [1.807, 2.05) is 0 Å². The zero-order valence-electron chi connectivity index (χ0n) is 12.0. The van der Waals surface area contributed by atoms with Crippen molar-refractivity contribution in [2.24, 2.45) is 0 Å². The van der Waals surface area contributed by atoms with E-state index in [0.717, 1.165) is 0 Å². The molecule has 2 rings (SSSR count). The molecule has 0 saturated carbocycles. The molecule has 0 bridgehead atoms. The largest absolute Gasteiger partial charge is 0.480 e. The number of hydrogen-bond acceptors (Lipinski definition) is 5. The number of esters is 1. The van der Waals surface area contributed by atoms with Gasteiger partial charge < -0.3 is 24.4 Å². The molecule has 0 spiro atoms. The quantitative estimate of drug-likeness (QED) is 0.732. The topological polar surface area (TPSA) is 96.4 Å². The number of methoxy groups -OCH3 is 1. The second-order valence-electron chi connectivity index (χ2n) is 5.19. The average molecular weight is 300 g/mol. The van der Waals surface area contributed by atoms with Crippen LogP contribution in [0.5, 0.6) is 0 Å². The summed E-state index contributed by atoms with van der Waals surface area (Å²) in [4.78, 5) is 37.8. The van der Waals surface area contributed by atoms with Crippen molar-refractivity contribution in [1.82, 2.24) is 9.80 Å². The first-order valence-corrected chi connectivity index (χ1v) is 6.99. The number of amides is 2. The lowest BCUT2D eigenvalue weighted by atomic mass is 10.2. The number of nitrogens with zero attached hydrogens (tertiary/aromatic N) is 2. The zero-order valence-corrected chi connectivity index (χ0v) is 12.0. The minimum atomic E-state index is -0.972. The Morgan fingerprint density at radius 2 is 2.10 bits per heavy atom. The summed E-state index contributed by atoms with van der Waals surface area (Å²) < 4.78 is 10.0. The summed E-state index contributed by atoms with van der Waals surface area (Å²) in [5, 5.41) is 9.14. The van der Waals surface area contributed by atoms with E-state index in [-0.39, 0.29) is 25.0 Å². The smallest absolute Gasteiger partial charge is 0.326 e. The van der Waals surface area contributed by atoms with Crippen molar-refractivity contribution >= 4 is 18.0 Å². The normalized spacial score (nSPS) is 25.8. The van der Waals surface area contributed by atoms with Crippen LogP contribution in [0.15, 0.2) is 0 Å². The molecule has 0 aromatic rings. The van der Waals surface area contributed by atoms with Gasteiger partial charge in [-0.05, 0) is 12.8 Å². The summed E-state index contributed by atoms with van der Waals surface area (Å²) in [7, 11) is 1.30. The molecule has 118 valence electrons. The Kier molecular flexibility index (Phi) is 5.00. The van der Waals surface area contributed by atoms with E-state index in [9.17, 15) is 14.4 Å². The highest BCUT2D eigenvalue weighted by Gasteiger charge is 2.37. The van der Waals surface area contributed by atoms with Gasteiger partial charge in [-0.15, -0.1) is 0 Å². The van der Waals surface area contributed by atoms with Gasteiger partial charge >= 0.3 is 18.0 Å². The van der Waals surface area contributed by atoms with Crippen molar-refractivity contribution in [2.75, 3.05) is 33.4 Å². The third-order valence-corrected chi connectivity index (χ3v) is 3.81. The summed E-state index contributed by atoms with van der Waals surface area (Å²) in [5.74, 6) is -1.36. The lowest BCUT2D eigenvalue weighted by Gasteiger charge is -2.36. The van der Waals surface area contributed by atoms with Crippen molar-refractivity contribution < 1.29 is 29.0 Å². The number of urea groups is 1. The van der Waals surface area contributed by atoms with Gasteiger partial charge in [-0.2, -0.15) is 0 Å². The van der Waals surface area contributed by atoms with E-state index >= 15 is 0 Å². The molecule has 2 aliphatic heterocycles. The fourth-order valence-corrected chi connectivity index (χ4v) is 2.72. The molecule has 2 saturated heterocycles. The summed E-state index contributed by atoms with van der Waals surface area (Å²) in [6.45, 7) is 1.46. The molecule has 0 aromatic heterocycles. The van der Waals surface area contributed by atoms with Crippen LogP contribution < -0.4 is 0 Å². The van der Waals surface area contributed by atoms with E-state index in [2.05, 4.69) is 4.74 Å². The zero-order chi connectivity index (χ0) is 15.4. The second kappa shape index (κ2) is 6.75. The Hall–Kier alpha value is -1.83. The summed E-state index contributed by atoms with van der Waals surface area (Å²) in [5.41, 5.74) is 0. The number of carbonyl (C=O) groups is 3. The molecular formula is C13H20N2O6. The van der Waals surface area contributed by atoms with Crippen molar-refractivity contribution in [2.45, 2.75) is 31.4 Å². The Labute approximate surface area is 122 Å². The number of carbonyl (C=O) groups excluding carboxylic acids is 2. The Morgan fingerprint density at radius 3 is 2.76 bits per heavy atom. The van der Waals surface area contributed by atoms with Gasteiger partial charge in [0.05, 0.1) is 26.2 Å². The molecule has 0 aliphatic carbocycles. The van der Waals surface area contributed by atoms with Crippen LogP contribution in [0.25, 0.3) is 0 Å². The summed E-state index contributed by atoms with van der Waals surface area (Å²) >= 11 is 0. The third-order valence-electron chi connectivity index (χ3n) is 3.81. The second-order valence-corrected chi connectivity index (χ2v) is 5.19. The molecular weight excluding hydrogens is 280 g/mol. The van der Waals surface area contributed by atoms with Gasteiger partial charge in [-0.1, -0.05) is 0 Å². The molecule has 2 heterocycles. The first-order chi connectivity index (χ1) is 10.0. The number of ether oxygens (including phenoxy) is 2. The van der Waals surface area contributed by atoms with Crippen molar-refractivity contribution in [1.29, 1.82) is 0 Å². The Bertz CT molecular complexity index is 427. The SMILES string of the molecule is COC(=O)CC1CN(C(=O)N2CCCC2C(=O)O)CCO1. The molecule has 2 amide bonds. The van der Waals surface area contributed by atoms with Gasteiger partial charge in [0.25, 0.3) is 0 Å².